The fourth-order valence-corrected chi connectivity index (χ4v) is 3.50. The van der Waals surface area contributed by atoms with Crippen LogP contribution < -0.4 is 15.5 Å². The first kappa shape index (κ1) is 28.1. The quantitative estimate of drug-likeness (QED) is 0.697. The molecule has 1 aromatic carbocycles. The number of halogens is 6. The van der Waals surface area contributed by atoms with E-state index < -0.39 is 36.9 Å². The summed E-state index contributed by atoms with van der Waals surface area (Å²) in [5.74, 6) is -3.73. The van der Waals surface area contributed by atoms with Crippen molar-refractivity contribution in [2.24, 2.45) is 0 Å². The highest BCUT2D eigenvalue weighted by atomic mass is 35.5. The van der Waals surface area contributed by atoms with Crippen molar-refractivity contribution in [1.29, 1.82) is 0 Å². The van der Waals surface area contributed by atoms with Gasteiger partial charge in [0.15, 0.2) is 0 Å². The summed E-state index contributed by atoms with van der Waals surface area (Å²) in [6.07, 6.45) is -0.514. The second-order valence-electron chi connectivity index (χ2n) is 7.22. The molecule has 2 aliphatic heterocycles. The van der Waals surface area contributed by atoms with Crippen molar-refractivity contribution in [3.63, 3.8) is 0 Å². The molecular weight excluding hydrogens is 452 g/mol. The van der Waals surface area contributed by atoms with Crippen molar-refractivity contribution < 1.29 is 18.0 Å². The summed E-state index contributed by atoms with van der Waals surface area (Å²) in [6, 6.07) is 3.14. The average Bonchev–Trinajstić information content (AvgIpc) is 2.96. The van der Waals surface area contributed by atoms with E-state index in [0.717, 1.165) is 31.9 Å². The van der Waals surface area contributed by atoms with Gasteiger partial charge in [0.05, 0.1) is 18.6 Å². The fraction of sp³-hybridized carbons (Fsp3) is 0.611. The molecule has 1 aromatic rings. The Morgan fingerprint density at radius 2 is 1.83 bits per heavy atom. The molecule has 168 valence electrons. The molecule has 2 N–H and O–H groups in total. The van der Waals surface area contributed by atoms with Gasteiger partial charge in [-0.3, -0.25) is 10.1 Å². The number of nitrogens with zero attached hydrogens (tertiary/aromatic N) is 2. The van der Waals surface area contributed by atoms with Crippen molar-refractivity contribution in [1.82, 2.24) is 15.5 Å². The summed E-state index contributed by atoms with van der Waals surface area (Å²) in [5.41, 5.74) is 1.53. The zero-order valence-electron chi connectivity index (χ0n) is 16.3. The molecule has 2 unspecified atom stereocenters. The van der Waals surface area contributed by atoms with E-state index in [1.165, 1.54) is 12.1 Å². The minimum absolute atomic E-state index is 0. The van der Waals surface area contributed by atoms with E-state index in [2.05, 4.69) is 27.5 Å². The number of nitrogens with one attached hydrogen (secondary N) is 2. The first-order chi connectivity index (χ1) is 12.2. The maximum Gasteiger partial charge on any atom is 0.262 e. The van der Waals surface area contributed by atoms with Crippen LogP contribution in [-0.4, -0.2) is 62.5 Å². The van der Waals surface area contributed by atoms with Crippen LogP contribution in [0.2, 0.25) is 0 Å². The first-order valence-electron chi connectivity index (χ1n) is 8.90. The summed E-state index contributed by atoms with van der Waals surface area (Å²) in [6.45, 7) is 4.68. The Labute approximate surface area is 188 Å². The number of carbonyl (C=O) groups is 1. The topological polar surface area (TPSA) is 47.6 Å². The highest BCUT2D eigenvalue weighted by Crippen LogP contribution is 2.29. The number of alkyl halides is 2. The molecule has 5 nitrogen and oxygen atoms in total. The number of anilines is 1. The molecule has 0 saturated carbocycles. The summed E-state index contributed by atoms with van der Waals surface area (Å²) in [4.78, 5) is 16.7. The van der Waals surface area contributed by atoms with E-state index >= 15 is 0 Å². The van der Waals surface area contributed by atoms with Gasteiger partial charge >= 0.3 is 0 Å². The zero-order valence-corrected chi connectivity index (χ0v) is 18.7. The lowest BCUT2D eigenvalue weighted by molar-refractivity contribution is -0.124. The Balaban J connectivity index is 0.00000261. The standard InChI is InChI=1S/C18H25F3N4O.3ClH/c1-12(23-17(26)15-10-18(20,21)11-22-15)14-9-13(19)3-4-16(14)25-7-5-24(2)6-8-25;;;/h3-4,9,12,15,22H,5-8,10-11H2,1-2H3,(H,23,26);3*1H. The molecule has 1 amide bonds. The first-order valence-corrected chi connectivity index (χ1v) is 8.90. The number of likely N-dealkylation sites (N-methyl/N-ethyl adjacent to an activating group) is 1. The smallest absolute Gasteiger partial charge is 0.262 e. The number of rotatable bonds is 4. The van der Waals surface area contributed by atoms with Crippen LogP contribution in [0.25, 0.3) is 0 Å². The van der Waals surface area contributed by atoms with Crippen molar-refractivity contribution in [3.8, 4) is 0 Å². The fourth-order valence-electron chi connectivity index (χ4n) is 3.50. The van der Waals surface area contributed by atoms with Crippen molar-refractivity contribution in [2.45, 2.75) is 31.4 Å². The van der Waals surface area contributed by atoms with Gasteiger partial charge in [-0.15, -0.1) is 37.2 Å². The van der Waals surface area contributed by atoms with Gasteiger partial charge in [0, 0.05) is 43.9 Å². The molecular formula is C18H28Cl3F3N4O. The summed E-state index contributed by atoms with van der Waals surface area (Å²) >= 11 is 0. The Hall–Kier alpha value is -0.930. The molecule has 0 spiro atoms. The van der Waals surface area contributed by atoms with Gasteiger partial charge in [-0.25, -0.2) is 13.2 Å². The number of amides is 1. The molecule has 3 rings (SSSR count). The van der Waals surface area contributed by atoms with Crippen molar-refractivity contribution >= 4 is 48.8 Å². The van der Waals surface area contributed by atoms with E-state index in [4.69, 9.17) is 0 Å². The number of benzene rings is 1. The lowest BCUT2D eigenvalue weighted by Crippen LogP contribution is -2.45. The number of piperazine rings is 1. The second-order valence-corrected chi connectivity index (χ2v) is 7.22. The van der Waals surface area contributed by atoms with Gasteiger partial charge in [-0.2, -0.15) is 0 Å². The largest absolute Gasteiger partial charge is 0.369 e. The third-order valence-electron chi connectivity index (χ3n) is 5.09. The van der Waals surface area contributed by atoms with E-state index in [1.807, 2.05) is 0 Å². The van der Waals surface area contributed by atoms with Gasteiger partial charge in [-0.05, 0) is 32.2 Å². The normalized spacial score (nSPS) is 22.0. The van der Waals surface area contributed by atoms with Gasteiger partial charge in [-0.1, -0.05) is 0 Å². The van der Waals surface area contributed by atoms with Crippen LogP contribution in [0.4, 0.5) is 18.9 Å². The summed E-state index contributed by atoms with van der Waals surface area (Å²) < 4.78 is 40.4. The lowest BCUT2D eigenvalue weighted by atomic mass is 10.0. The van der Waals surface area contributed by atoms with E-state index in [9.17, 15) is 18.0 Å². The lowest BCUT2D eigenvalue weighted by Gasteiger charge is -2.36. The van der Waals surface area contributed by atoms with E-state index in [1.54, 1.807) is 13.0 Å². The van der Waals surface area contributed by atoms with Crippen LogP contribution in [0.1, 0.15) is 24.9 Å². The predicted molar refractivity (Wildman–Crippen MR) is 116 cm³/mol. The summed E-state index contributed by atoms with van der Waals surface area (Å²) in [7, 11) is 2.05. The van der Waals surface area contributed by atoms with E-state index in [-0.39, 0.29) is 43.0 Å². The number of hydrogen-bond acceptors (Lipinski definition) is 4. The molecule has 11 heteroatoms. The average molecular weight is 480 g/mol. The van der Waals surface area contributed by atoms with Crippen LogP contribution in [0.3, 0.4) is 0 Å². The van der Waals surface area contributed by atoms with Crippen LogP contribution in [0, 0.1) is 5.82 Å². The van der Waals surface area contributed by atoms with Crippen LogP contribution >= 0.6 is 37.2 Å². The monoisotopic (exact) mass is 478 g/mol. The zero-order chi connectivity index (χ0) is 18.9. The maximum atomic E-state index is 13.8. The van der Waals surface area contributed by atoms with Crippen molar-refractivity contribution in [3.05, 3.63) is 29.6 Å². The molecule has 2 aliphatic rings. The molecule has 0 bridgehead atoms. The van der Waals surface area contributed by atoms with Gasteiger partial charge in [0.1, 0.15) is 5.82 Å². The molecule has 2 saturated heterocycles. The van der Waals surface area contributed by atoms with Crippen LogP contribution in [0.5, 0.6) is 0 Å². The molecule has 2 heterocycles. The highest BCUT2D eigenvalue weighted by molar-refractivity contribution is 5.86. The van der Waals surface area contributed by atoms with Gasteiger partial charge < -0.3 is 15.1 Å². The maximum absolute atomic E-state index is 13.8. The second kappa shape index (κ2) is 11.5. The summed E-state index contributed by atoms with van der Waals surface area (Å²) in [5, 5.41) is 5.30. The van der Waals surface area contributed by atoms with Crippen LogP contribution in [-0.2, 0) is 4.79 Å². The highest BCUT2D eigenvalue weighted by Gasteiger charge is 2.42. The molecule has 2 atom stereocenters. The Kier molecular flexibility index (Phi) is 11.1. The number of carbonyl (C=O) groups excluding carboxylic acids is 1. The Bertz CT molecular complexity index is 676. The SMILES string of the molecule is CC(NC(=O)C1CC(F)(F)CN1)c1cc(F)ccc1N1CCN(C)CC1.Cl.Cl.Cl. The van der Waals surface area contributed by atoms with E-state index in [0.29, 0.717) is 5.56 Å². The Morgan fingerprint density at radius 1 is 1.21 bits per heavy atom. The predicted octanol–water partition coefficient (Wildman–Crippen LogP) is 3.02. The minimum atomic E-state index is -2.87. The van der Waals surface area contributed by atoms with Gasteiger partial charge in [0.2, 0.25) is 5.91 Å². The van der Waals surface area contributed by atoms with Crippen molar-refractivity contribution in [2.75, 3.05) is 44.7 Å². The molecule has 2 fully saturated rings. The molecule has 0 aromatic heterocycles. The van der Waals surface area contributed by atoms with Crippen LogP contribution in [0.15, 0.2) is 18.2 Å². The Morgan fingerprint density at radius 3 is 2.38 bits per heavy atom. The molecule has 0 radical (unpaired) electrons. The third-order valence-corrected chi connectivity index (χ3v) is 5.09. The minimum Gasteiger partial charge on any atom is -0.369 e. The molecule has 29 heavy (non-hydrogen) atoms. The van der Waals surface area contributed by atoms with Gasteiger partial charge in [0.25, 0.3) is 5.92 Å². The third kappa shape index (κ3) is 7.07. The molecule has 0 aliphatic carbocycles. The number of hydrogen-bond donors (Lipinski definition) is 2.